The largest absolute Gasteiger partial charge is 0.380 e. The Balaban J connectivity index is 1.71. The molecule has 3 rings (SSSR count). The number of rotatable bonds is 2. The van der Waals surface area contributed by atoms with Crippen LogP contribution in [0.15, 0.2) is 30.3 Å². The first-order valence-electron chi connectivity index (χ1n) is 7.03. The smallest absolute Gasteiger partial charge is 0.0622 e. The number of hydrogen-bond donors (Lipinski definition) is 1. The summed E-state index contributed by atoms with van der Waals surface area (Å²) in [5.74, 6) is 0. The number of nitrogens with one attached hydrogen (secondary N) is 1. The molecule has 0 radical (unpaired) electrons. The Hall–Kier alpha value is -0.900. The summed E-state index contributed by atoms with van der Waals surface area (Å²) in [5, 5.41) is 3.67. The van der Waals surface area contributed by atoms with E-state index in [1.807, 2.05) is 0 Å². The van der Waals surface area contributed by atoms with E-state index in [-0.39, 0.29) is 0 Å². The van der Waals surface area contributed by atoms with Crippen molar-refractivity contribution in [2.24, 2.45) is 0 Å². The topological polar surface area (TPSA) is 24.5 Å². The van der Waals surface area contributed by atoms with Crippen molar-refractivity contribution in [2.45, 2.75) is 24.9 Å². The van der Waals surface area contributed by atoms with Gasteiger partial charge in [-0.05, 0) is 31.5 Å². The fourth-order valence-corrected chi connectivity index (χ4v) is 3.00. The van der Waals surface area contributed by atoms with Gasteiger partial charge in [0.05, 0.1) is 6.61 Å². The van der Waals surface area contributed by atoms with Crippen LogP contribution in [-0.4, -0.2) is 43.8 Å². The van der Waals surface area contributed by atoms with Crippen molar-refractivity contribution in [3.8, 4) is 0 Å². The summed E-state index contributed by atoms with van der Waals surface area (Å²) in [5.41, 5.74) is 1.41. The Morgan fingerprint density at radius 3 is 2.89 bits per heavy atom. The third-order valence-corrected chi connectivity index (χ3v) is 4.05. The highest BCUT2D eigenvalue weighted by atomic mass is 16.5. The highest BCUT2D eigenvalue weighted by Gasteiger charge is 2.27. The summed E-state index contributed by atoms with van der Waals surface area (Å²) in [6, 6.07) is 11.9. The molecule has 18 heavy (non-hydrogen) atoms. The quantitative estimate of drug-likeness (QED) is 0.861. The second-order valence-corrected chi connectivity index (χ2v) is 5.28. The van der Waals surface area contributed by atoms with Gasteiger partial charge >= 0.3 is 0 Å². The van der Waals surface area contributed by atoms with Gasteiger partial charge in [-0.25, -0.2) is 0 Å². The van der Waals surface area contributed by atoms with Gasteiger partial charge < -0.3 is 10.1 Å². The van der Waals surface area contributed by atoms with Crippen LogP contribution in [0.1, 0.15) is 24.4 Å². The summed E-state index contributed by atoms with van der Waals surface area (Å²) in [6.07, 6.45) is 2.43. The molecule has 98 valence electrons. The molecule has 0 bridgehead atoms. The number of nitrogens with zero attached hydrogens (tertiary/aromatic N) is 1. The van der Waals surface area contributed by atoms with Gasteiger partial charge in [-0.2, -0.15) is 0 Å². The molecule has 1 aromatic rings. The molecule has 0 saturated carbocycles. The van der Waals surface area contributed by atoms with Crippen LogP contribution in [-0.2, 0) is 4.74 Å². The second-order valence-electron chi connectivity index (χ2n) is 5.28. The van der Waals surface area contributed by atoms with Gasteiger partial charge in [-0.15, -0.1) is 0 Å². The van der Waals surface area contributed by atoms with Crippen molar-refractivity contribution >= 4 is 0 Å². The molecule has 1 aromatic carbocycles. The Kier molecular flexibility index (Phi) is 3.93. The van der Waals surface area contributed by atoms with Gasteiger partial charge in [0.25, 0.3) is 0 Å². The molecule has 2 aliphatic rings. The van der Waals surface area contributed by atoms with Crippen molar-refractivity contribution in [1.29, 1.82) is 0 Å². The van der Waals surface area contributed by atoms with Crippen molar-refractivity contribution < 1.29 is 4.74 Å². The van der Waals surface area contributed by atoms with Crippen LogP contribution in [0.2, 0.25) is 0 Å². The van der Waals surface area contributed by atoms with Gasteiger partial charge in [0.2, 0.25) is 0 Å². The Labute approximate surface area is 109 Å². The van der Waals surface area contributed by atoms with E-state index in [1.165, 1.54) is 24.9 Å². The van der Waals surface area contributed by atoms with Crippen molar-refractivity contribution in [1.82, 2.24) is 10.2 Å². The highest BCUT2D eigenvalue weighted by Crippen LogP contribution is 2.21. The van der Waals surface area contributed by atoms with Crippen molar-refractivity contribution in [2.75, 3.05) is 32.8 Å². The van der Waals surface area contributed by atoms with Crippen LogP contribution in [0, 0.1) is 0 Å². The highest BCUT2D eigenvalue weighted by molar-refractivity contribution is 5.19. The number of ether oxygens (including phenoxy) is 1. The molecule has 0 amide bonds. The van der Waals surface area contributed by atoms with E-state index in [0.717, 1.165) is 26.3 Å². The maximum atomic E-state index is 5.53. The summed E-state index contributed by atoms with van der Waals surface area (Å²) in [6.45, 7) is 5.28. The normalized spacial score (nSPS) is 30.2. The van der Waals surface area contributed by atoms with Gasteiger partial charge in [-0.3, -0.25) is 4.90 Å². The molecule has 3 heteroatoms. The van der Waals surface area contributed by atoms with Gasteiger partial charge in [0.15, 0.2) is 0 Å². The van der Waals surface area contributed by atoms with E-state index in [9.17, 15) is 0 Å². The minimum absolute atomic E-state index is 0.467. The first kappa shape index (κ1) is 12.2. The zero-order valence-electron chi connectivity index (χ0n) is 10.8. The zero-order chi connectivity index (χ0) is 12.2. The molecular weight excluding hydrogens is 224 g/mol. The first-order valence-corrected chi connectivity index (χ1v) is 7.03. The molecule has 2 unspecified atom stereocenters. The minimum Gasteiger partial charge on any atom is -0.380 e. The average molecular weight is 246 g/mol. The maximum Gasteiger partial charge on any atom is 0.0622 e. The molecule has 2 fully saturated rings. The van der Waals surface area contributed by atoms with Gasteiger partial charge in [-0.1, -0.05) is 30.3 Å². The standard InChI is InChI=1S/C15H22N2O/c1-2-5-13(6-3-1)15-11-17(9-4-8-16-15)14-7-10-18-12-14/h1-3,5-6,14-16H,4,7-12H2. The Morgan fingerprint density at radius 1 is 1.22 bits per heavy atom. The van der Waals surface area contributed by atoms with E-state index < -0.39 is 0 Å². The lowest BCUT2D eigenvalue weighted by Gasteiger charge is -2.29. The second kappa shape index (κ2) is 5.83. The predicted molar refractivity (Wildman–Crippen MR) is 72.6 cm³/mol. The van der Waals surface area contributed by atoms with Gasteiger partial charge in [0, 0.05) is 25.2 Å². The molecular formula is C15H22N2O. The van der Waals surface area contributed by atoms with E-state index in [1.54, 1.807) is 0 Å². The molecule has 0 aromatic heterocycles. The van der Waals surface area contributed by atoms with Crippen LogP contribution in [0.25, 0.3) is 0 Å². The Bertz CT molecular complexity index is 362. The lowest BCUT2D eigenvalue weighted by molar-refractivity contribution is 0.142. The van der Waals surface area contributed by atoms with Crippen LogP contribution >= 0.6 is 0 Å². The van der Waals surface area contributed by atoms with Gasteiger partial charge in [0.1, 0.15) is 0 Å². The molecule has 2 saturated heterocycles. The third kappa shape index (κ3) is 2.74. The monoisotopic (exact) mass is 246 g/mol. The molecule has 3 nitrogen and oxygen atoms in total. The summed E-state index contributed by atoms with van der Waals surface area (Å²) in [7, 11) is 0. The van der Waals surface area contributed by atoms with E-state index in [4.69, 9.17) is 4.74 Å². The van der Waals surface area contributed by atoms with E-state index in [0.29, 0.717) is 12.1 Å². The first-order chi connectivity index (χ1) is 8.93. The molecule has 0 spiro atoms. The third-order valence-electron chi connectivity index (χ3n) is 4.05. The summed E-state index contributed by atoms with van der Waals surface area (Å²) >= 11 is 0. The molecule has 2 aliphatic heterocycles. The summed E-state index contributed by atoms with van der Waals surface area (Å²) in [4.78, 5) is 2.62. The van der Waals surface area contributed by atoms with E-state index >= 15 is 0 Å². The molecule has 2 atom stereocenters. The lowest BCUT2D eigenvalue weighted by Crippen LogP contribution is -2.39. The predicted octanol–water partition coefficient (Wildman–Crippen LogP) is 1.81. The van der Waals surface area contributed by atoms with E-state index in [2.05, 4.69) is 40.5 Å². The molecule has 2 heterocycles. The van der Waals surface area contributed by atoms with Crippen LogP contribution < -0.4 is 5.32 Å². The summed E-state index contributed by atoms with van der Waals surface area (Å²) < 4.78 is 5.53. The van der Waals surface area contributed by atoms with Crippen molar-refractivity contribution in [3.63, 3.8) is 0 Å². The zero-order valence-corrected chi connectivity index (χ0v) is 10.8. The van der Waals surface area contributed by atoms with Crippen LogP contribution in [0.3, 0.4) is 0 Å². The van der Waals surface area contributed by atoms with Crippen LogP contribution in [0.5, 0.6) is 0 Å². The lowest BCUT2D eigenvalue weighted by atomic mass is 10.1. The van der Waals surface area contributed by atoms with Crippen molar-refractivity contribution in [3.05, 3.63) is 35.9 Å². The maximum absolute atomic E-state index is 5.53. The fourth-order valence-electron chi connectivity index (χ4n) is 3.00. The SMILES string of the molecule is c1ccc(C2CN(C3CCOC3)CCCN2)cc1. The molecule has 1 N–H and O–H groups in total. The minimum atomic E-state index is 0.467. The average Bonchev–Trinajstić information content (AvgIpc) is 2.85. The molecule has 0 aliphatic carbocycles. The Morgan fingerprint density at radius 2 is 2.11 bits per heavy atom. The van der Waals surface area contributed by atoms with Crippen LogP contribution in [0.4, 0.5) is 0 Å². The number of benzene rings is 1. The number of hydrogen-bond acceptors (Lipinski definition) is 3. The fraction of sp³-hybridized carbons (Fsp3) is 0.600.